The Morgan fingerprint density at radius 1 is 1.31 bits per heavy atom. The molecule has 2 aromatic rings. The number of aliphatic hydroxyl groups is 1. The van der Waals surface area contributed by atoms with E-state index in [9.17, 15) is 13.5 Å². The van der Waals surface area contributed by atoms with Gasteiger partial charge in [0, 0.05) is 18.5 Å². The van der Waals surface area contributed by atoms with Crippen molar-refractivity contribution in [2.45, 2.75) is 29.6 Å². The number of sulfonamides is 1. The standard InChI is InChI=1S/C18H24N2O4S2/c1-20(9-7-14-5-3-2-4-6-14)11-17-18(21)16(12-24-17)19-26(22,23)15-8-10-25-13-15/h2-6,8,10,13,16-19,21H,7,9,11-12H2,1H3/t16-,17-,18+/m0/s1. The molecule has 26 heavy (non-hydrogen) atoms. The minimum atomic E-state index is -3.62. The molecule has 0 unspecified atom stereocenters. The third kappa shape index (κ3) is 4.91. The highest BCUT2D eigenvalue weighted by Crippen LogP contribution is 2.19. The zero-order chi connectivity index (χ0) is 18.6. The quantitative estimate of drug-likeness (QED) is 0.704. The number of benzene rings is 1. The summed E-state index contributed by atoms with van der Waals surface area (Å²) in [5.41, 5.74) is 1.26. The highest BCUT2D eigenvalue weighted by Gasteiger charge is 2.38. The van der Waals surface area contributed by atoms with E-state index in [4.69, 9.17) is 4.74 Å². The average molecular weight is 397 g/mol. The predicted molar refractivity (Wildman–Crippen MR) is 102 cm³/mol. The van der Waals surface area contributed by atoms with E-state index < -0.39 is 28.3 Å². The van der Waals surface area contributed by atoms with Crippen LogP contribution in [-0.2, 0) is 21.2 Å². The molecular weight excluding hydrogens is 372 g/mol. The minimum Gasteiger partial charge on any atom is -0.389 e. The molecule has 8 heteroatoms. The van der Waals surface area contributed by atoms with Crippen LogP contribution in [0.2, 0.25) is 0 Å². The SMILES string of the molecule is CN(CCc1ccccc1)C[C@@H]1OC[C@H](NS(=O)(=O)c2ccsc2)[C@H]1O. The van der Waals surface area contributed by atoms with E-state index in [-0.39, 0.29) is 11.5 Å². The summed E-state index contributed by atoms with van der Waals surface area (Å²) in [6.45, 7) is 1.55. The van der Waals surface area contributed by atoms with Crippen LogP contribution in [0.25, 0.3) is 0 Å². The van der Waals surface area contributed by atoms with Gasteiger partial charge in [0.1, 0.15) is 0 Å². The third-order valence-corrected chi connectivity index (χ3v) is 6.83. The molecule has 0 bridgehead atoms. The number of aliphatic hydroxyl groups excluding tert-OH is 1. The molecule has 1 aliphatic rings. The molecule has 3 rings (SSSR count). The van der Waals surface area contributed by atoms with E-state index in [1.54, 1.807) is 16.8 Å². The van der Waals surface area contributed by atoms with Crippen LogP contribution in [-0.4, -0.2) is 63.4 Å². The molecule has 6 nitrogen and oxygen atoms in total. The van der Waals surface area contributed by atoms with Gasteiger partial charge in [-0.2, -0.15) is 11.3 Å². The smallest absolute Gasteiger partial charge is 0.241 e. The molecule has 1 fully saturated rings. The Bertz CT molecular complexity index is 781. The molecule has 142 valence electrons. The number of nitrogens with zero attached hydrogens (tertiary/aromatic N) is 1. The number of rotatable bonds is 8. The van der Waals surface area contributed by atoms with Crippen molar-refractivity contribution in [1.82, 2.24) is 9.62 Å². The van der Waals surface area contributed by atoms with Crippen LogP contribution in [0.3, 0.4) is 0 Å². The highest BCUT2D eigenvalue weighted by molar-refractivity contribution is 7.89. The van der Waals surface area contributed by atoms with E-state index in [0.29, 0.717) is 6.54 Å². The first-order chi connectivity index (χ1) is 12.5. The fourth-order valence-corrected chi connectivity index (χ4v) is 5.25. The largest absolute Gasteiger partial charge is 0.389 e. The average Bonchev–Trinajstić information content (AvgIpc) is 3.27. The molecule has 0 saturated carbocycles. The maximum absolute atomic E-state index is 12.3. The Hall–Kier alpha value is -1.29. The first kappa shape index (κ1) is 19.5. The van der Waals surface area contributed by atoms with Crippen molar-refractivity contribution in [2.75, 3.05) is 26.7 Å². The summed E-state index contributed by atoms with van der Waals surface area (Å²) >= 11 is 1.32. The van der Waals surface area contributed by atoms with Crippen molar-refractivity contribution in [2.24, 2.45) is 0 Å². The fourth-order valence-electron chi connectivity index (χ4n) is 2.98. The van der Waals surface area contributed by atoms with Gasteiger partial charge in [-0.15, -0.1) is 0 Å². The Balaban J connectivity index is 1.50. The zero-order valence-corrected chi connectivity index (χ0v) is 16.2. The second-order valence-corrected chi connectivity index (χ2v) is 9.04. The lowest BCUT2D eigenvalue weighted by atomic mass is 10.1. The van der Waals surface area contributed by atoms with Gasteiger partial charge in [-0.25, -0.2) is 13.1 Å². The lowest BCUT2D eigenvalue weighted by Crippen LogP contribution is -2.46. The summed E-state index contributed by atoms with van der Waals surface area (Å²) in [6.07, 6.45) is -0.373. The third-order valence-electron chi connectivity index (χ3n) is 4.51. The van der Waals surface area contributed by atoms with Gasteiger partial charge in [0.25, 0.3) is 0 Å². The van der Waals surface area contributed by atoms with Gasteiger partial charge in [0.15, 0.2) is 0 Å². The van der Waals surface area contributed by atoms with E-state index in [1.807, 2.05) is 25.2 Å². The van der Waals surface area contributed by atoms with Crippen LogP contribution in [0.4, 0.5) is 0 Å². The van der Waals surface area contributed by atoms with Crippen LogP contribution in [0, 0.1) is 0 Å². The zero-order valence-electron chi connectivity index (χ0n) is 14.6. The number of ether oxygens (including phenoxy) is 1. The summed E-state index contributed by atoms with van der Waals surface area (Å²) < 4.78 is 32.8. The van der Waals surface area contributed by atoms with Gasteiger partial charge < -0.3 is 14.7 Å². The number of thiophene rings is 1. The fraction of sp³-hybridized carbons (Fsp3) is 0.444. The van der Waals surface area contributed by atoms with Gasteiger partial charge in [-0.1, -0.05) is 30.3 Å². The first-order valence-electron chi connectivity index (χ1n) is 8.52. The Kier molecular flexibility index (Phi) is 6.44. The van der Waals surface area contributed by atoms with Crippen molar-refractivity contribution in [3.8, 4) is 0 Å². The lowest BCUT2D eigenvalue weighted by molar-refractivity contribution is 0.0207. The summed E-state index contributed by atoms with van der Waals surface area (Å²) in [5, 5.41) is 13.7. The van der Waals surface area contributed by atoms with Crippen molar-refractivity contribution in [1.29, 1.82) is 0 Å². The Labute approximate surface area is 158 Å². The van der Waals surface area contributed by atoms with Gasteiger partial charge in [0.05, 0.1) is 29.8 Å². The van der Waals surface area contributed by atoms with Gasteiger partial charge in [0.2, 0.25) is 10.0 Å². The number of hydrogen-bond donors (Lipinski definition) is 2. The molecule has 0 amide bonds. The Morgan fingerprint density at radius 2 is 2.08 bits per heavy atom. The maximum atomic E-state index is 12.3. The van der Waals surface area contributed by atoms with Crippen molar-refractivity contribution >= 4 is 21.4 Å². The molecule has 0 aliphatic carbocycles. The van der Waals surface area contributed by atoms with Gasteiger partial charge >= 0.3 is 0 Å². The Morgan fingerprint density at radius 3 is 2.77 bits per heavy atom. The summed E-state index contributed by atoms with van der Waals surface area (Å²) in [7, 11) is -1.65. The van der Waals surface area contributed by atoms with Gasteiger partial charge in [-0.3, -0.25) is 0 Å². The summed E-state index contributed by atoms with van der Waals surface area (Å²) in [4.78, 5) is 2.31. The summed E-state index contributed by atoms with van der Waals surface area (Å²) in [5.74, 6) is 0. The lowest BCUT2D eigenvalue weighted by Gasteiger charge is -2.23. The van der Waals surface area contributed by atoms with E-state index >= 15 is 0 Å². The monoisotopic (exact) mass is 396 g/mol. The number of nitrogens with one attached hydrogen (secondary N) is 1. The second kappa shape index (κ2) is 8.60. The van der Waals surface area contributed by atoms with E-state index in [0.717, 1.165) is 13.0 Å². The van der Waals surface area contributed by atoms with Gasteiger partial charge in [-0.05, 0) is 30.5 Å². The molecule has 1 aromatic heterocycles. The summed E-state index contributed by atoms with van der Waals surface area (Å²) in [6, 6.07) is 11.1. The molecule has 0 spiro atoms. The van der Waals surface area contributed by atoms with Crippen molar-refractivity contribution in [3.63, 3.8) is 0 Å². The molecular formula is C18H24N2O4S2. The molecule has 2 heterocycles. The number of likely N-dealkylation sites (N-methyl/N-ethyl adjacent to an activating group) is 1. The highest BCUT2D eigenvalue weighted by atomic mass is 32.2. The van der Waals surface area contributed by atoms with Crippen LogP contribution in [0.5, 0.6) is 0 Å². The second-order valence-electron chi connectivity index (χ2n) is 6.55. The van der Waals surface area contributed by atoms with Crippen molar-refractivity contribution in [3.05, 3.63) is 52.7 Å². The molecule has 2 N–H and O–H groups in total. The molecule has 3 atom stereocenters. The minimum absolute atomic E-state index is 0.168. The molecule has 1 aliphatic heterocycles. The first-order valence-corrected chi connectivity index (χ1v) is 10.9. The predicted octanol–water partition coefficient (Wildman–Crippen LogP) is 1.33. The molecule has 1 aromatic carbocycles. The number of hydrogen-bond acceptors (Lipinski definition) is 6. The van der Waals surface area contributed by atoms with Crippen molar-refractivity contribution < 1.29 is 18.3 Å². The van der Waals surface area contributed by atoms with E-state index in [2.05, 4.69) is 21.8 Å². The van der Waals surface area contributed by atoms with Crippen LogP contribution >= 0.6 is 11.3 Å². The normalized spacial score (nSPS) is 23.6. The van der Waals surface area contributed by atoms with Crippen LogP contribution in [0.15, 0.2) is 52.1 Å². The molecule has 1 saturated heterocycles. The molecule has 0 radical (unpaired) electrons. The maximum Gasteiger partial charge on any atom is 0.241 e. The topological polar surface area (TPSA) is 78.9 Å². The van der Waals surface area contributed by atoms with E-state index in [1.165, 1.54) is 16.9 Å². The van der Waals surface area contributed by atoms with Crippen LogP contribution < -0.4 is 4.72 Å². The van der Waals surface area contributed by atoms with Crippen LogP contribution in [0.1, 0.15) is 5.56 Å².